The van der Waals surface area contributed by atoms with Crippen molar-refractivity contribution in [2.24, 2.45) is 0 Å². The standard InChI is InChI=1S/C16H17ClS/c1-12-7-3-4-8-13(12)11-15(17)14-9-5-6-10-16(14)18-2/h3-10,15H,11H2,1-2H3. The van der Waals surface area contributed by atoms with Crippen LogP contribution >= 0.6 is 23.4 Å². The van der Waals surface area contributed by atoms with E-state index in [1.807, 2.05) is 0 Å². The maximum atomic E-state index is 6.58. The molecule has 1 unspecified atom stereocenters. The Balaban J connectivity index is 2.22. The fourth-order valence-electron chi connectivity index (χ4n) is 2.07. The molecule has 0 saturated carbocycles. The van der Waals surface area contributed by atoms with Crippen molar-refractivity contribution < 1.29 is 0 Å². The number of aryl methyl sites for hydroxylation is 1. The van der Waals surface area contributed by atoms with Crippen LogP contribution in [-0.4, -0.2) is 6.26 Å². The van der Waals surface area contributed by atoms with Gasteiger partial charge in [0.25, 0.3) is 0 Å². The van der Waals surface area contributed by atoms with E-state index in [0.29, 0.717) is 0 Å². The minimum atomic E-state index is 0.0368. The van der Waals surface area contributed by atoms with Crippen LogP contribution in [0.1, 0.15) is 22.1 Å². The maximum absolute atomic E-state index is 6.58. The fourth-order valence-corrected chi connectivity index (χ4v) is 3.15. The minimum absolute atomic E-state index is 0.0368. The second kappa shape index (κ2) is 6.31. The van der Waals surface area contributed by atoms with Crippen LogP contribution in [0, 0.1) is 6.92 Å². The van der Waals surface area contributed by atoms with Crippen LogP contribution in [0.5, 0.6) is 0 Å². The molecule has 0 saturated heterocycles. The van der Waals surface area contributed by atoms with Gasteiger partial charge in [-0.3, -0.25) is 0 Å². The number of alkyl halides is 1. The SMILES string of the molecule is CSc1ccccc1C(Cl)Cc1ccccc1C. The molecule has 0 heterocycles. The van der Waals surface area contributed by atoms with Crippen molar-refractivity contribution in [2.45, 2.75) is 23.6 Å². The number of benzene rings is 2. The van der Waals surface area contributed by atoms with Crippen molar-refractivity contribution in [2.75, 3.05) is 6.26 Å². The Kier molecular flexibility index (Phi) is 4.73. The number of hydrogen-bond donors (Lipinski definition) is 0. The molecule has 18 heavy (non-hydrogen) atoms. The van der Waals surface area contributed by atoms with Crippen LogP contribution in [0.2, 0.25) is 0 Å². The first-order chi connectivity index (χ1) is 8.72. The van der Waals surface area contributed by atoms with E-state index >= 15 is 0 Å². The zero-order valence-electron chi connectivity index (χ0n) is 10.7. The predicted molar refractivity (Wildman–Crippen MR) is 81.7 cm³/mol. The molecule has 0 fully saturated rings. The third kappa shape index (κ3) is 3.09. The first-order valence-corrected chi connectivity index (χ1v) is 7.70. The van der Waals surface area contributed by atoms with E-state index in [1.165, 1.54) is 21.6 Å². The zero-order valence-corrected chi connectivity index (χ0v) is 12.3. The molecule has 0 aliphatic rings. The lowest BCUT2D eigenvalue weighted by atomic mass is 10.0. The van der Waals surface area contributed by atoms with Gasteiger partial charge in [-0.05, 0) is 42.4 Å². The average Bonchev–Trinajstić information content (AvgIpc) is 2.41. The summed E-state index contributed by atoms with van der Waals surface area (Å²) in [5, 5.41) is 0.0368. The number of hydrogen-bond acceptors (Lipinski definition) is 1. The Morgan fingerprint density at radius 2 is 1.72 bits per heavy atom. The number of thioether (sulfide) groups is 1. The van der Waals surface area contributed by atoms with Gasteiger partial charge in [0.05, 0.1) is 5.38 Å². The summed E-state index contributed by atoms with van der Waals surface area (Å²) in [6, 6.07) is 16.8. The smallest absolute Gasteiger partial charge is 0.0636 e. The van der Waals surface area contributed by atoms with E-state index in [0.717, 1.165) is 6.42 Å². The molecule has 0 amide bonds. The molecular formula is C16H17ClS. The monoisotopic (exact) mass is 276 g/mol. The highest BCUT2D eigenvalue weighted by molar-refractivity contribution is 7.98. The van der Waals surface area contributed by atoms with Crippen molar-refractivity contribution >= 4 is 23.4 Å². The van der Waals surface area contributed by atoms with Gasteiger partial charge >= 0.3 is 0 Å². The maximum Gasteiger partial charge on any atom is 0.0636 e. The molecule has 1 atom stereocenters. The van der Waals surface area contributed by atoms with Gasteiger partial charge in [0, 0.05) is 4.90 Å². The Morgan fingerprint density at radius 3 is 2.44 bits per heavy atom. The van der Waals surface area contributed by atoms with Crippen LogP contribution in [0.15, 0.2) is 53.4 Å². The molecule has 2 aromatic rings. The summed E-state index contributed by atoms with van der Waals surface area (Å²) in [5.74, 6) is 0. The van der Waals surface area contributed by atoms with Gasteiger partial charge in [-0.15, -0.1) is 23.4 Å². The highest BCUT2D eigenvalue weighted by Gasteiger charge is 2.13. The van der Waals surface area contributed by atoms with E-state index in [4.69, 9.17) is 11.6 Å². The fraction of sp³-hybridized carbons (Fsp3) is 0.250. The van der Waals surface area contributed by atoms with Crippen molar-refractivity contribution in [1.82, 2.24) is 0 Å². The lowest BCUT2D eigenvalue weighted by Crippen LogP contribution is -1.99. The molecule has 94 valence electrons. The third-order valence-electron chi connectivity index (χ3n) is 3.14. The first kappa shape index (κ1) is 13.5. The van der Waals surface area contributed by atoms with Crippen LogP contribution in [0.25, 0.3) is 0 Å². The summed E-state index contributed by atoms with van der Waals surface area (Å²) in [7, 11) is 0. The number of rotatable bonds is 4. The Labute approximate surface area is 118 Å². The summed E-state index contributed by atoms with van der Waals surface area (Å²) in [5.41, 5.74) is 3.87. The largest absolute Gasteiger partial charge is 0.129 e. The molecular weight excluding hydrogens is 260 g/mol. The average molecular weight is 277 g/mol. The molecule has 0 spiro atoms. The van der Waals surface area contributed by atoms with Crippen molar-refractivity contribution in [3.8, 4) is 0 Å². The van der Waals surface area contributed by atoms with E-state index in [-0.39, 0.29) is 5.38 Å². The van der Waals surface area contributed by atoms with Crippen molar-refractivity contribution in [3.63, 3.8) is 0 Å². The van der Waals surface area contributed by atoms with Gasteiger partial charge in [-0.2, -0.15) is 0 Å². The molecule has 2 aromatic carbocycles. The highest BCUT2D eigenvalue weighted by Crippen LogP contribution is 2.32. The second-order valence-electron chi connectivity index (χ2n) is 4.34. The summed E-state index contributed by atoms with van der Waals surface area (Å²) in [6.45, 7) is 2.14. The second-order valence-corrected chi connectivity index (χ2v) is 5.71. The molecule has 0 N–H and O–H groups in total. The van der Waals surface area contributed by atoms with Crippen LogP contribution in [0.3, 0.4) is 0 Å². The zero-order chi connectivity index (χ0) is 13.0. The van der Waals surface area contributed by atoms with Crippen molar-refractivity contribution in [1.29, 1.82) is 0 Å². The van der Waals surface area contributed by atoms with Gasteiger partial charge in [0.2, 0.25) is 0 Å². The van der Waals surface area contributed by atoms with Crippen molar-refractivity contribution in [3.05, 3.63) is 65.2 Å². The third-order valence-corrected chi connectivity index (χ3v) is 4.34. The van der Waals surface area contributed by atoms with Gasteiger partial charge in [0.15, 0.2) is 0 Å². The molecule has 2 heteroatoms. The first-order valence-electron chi connectivity index (χ1n) is 6.04. The Morgan fingerprint density at radius 1 is 1.06 bits per heavy atom. The molecule has 0 nitrogen and oxygen atoms in total. The van der Waals surface area contributed by atoms with Crippen LogP contribution in [0.4, 0.5) is 0 Å². The minimum Gasteiger partial charge on any atom is -0.129 e. The van der Waals surface area contributed by atoms with E-state index in [9.17, 15) is 0 Å². The van der Waals surface area contributed by atoms with Crippen LogP contribution in [-0.2, 0) is 6.42 Å². The Bertz CT molecular complexity index is 522. The molecule has 0 aromatic heterocycles. The van der Waals surface area contributed by atoms with Gasteiger partial charge in [-0.1, -0.05) is 42.5 Å². The molecule has 0 aliphatic heterocycles. The lowest BCUT2D eigenvalue weighted by molar-refractivity contribution is 0.889. The summed E-state index contributed by atoms with van der Waals surface area (Å²) in [6.07, 6.45) is 2.97. The van der Waals surface area contributed by atoms with Crippen LogP contribution < -0.4 is 0 Å². The van der Waals surface area contributed by atoms with Gasteiger partial charge < -0.3 is 0 Å². The normalized spacial score (nSPS) is 12.4. The van der Waals surface area contributed by atoms with Gasteiger partial charge in [-0.25, -0.2) is 0 Å². The molecule has 2 rings (SSSR count). The quantitative estimate of drug-likeness (QED) is 0.544. The predicted octanol–water partition coefficient (Wildman–Crippen LogP) is 5.24. The topological polar surface area (TPSA) is 0 Å². The number of halogens is 1. The summed E-state index contributed by atoms with van der Waals surface area (Å²) < 4.78 is 0. The molecule has 0 radical (unpaired) electrons. The molecule has 0 bridgehead atoms. The molecule has 0 aliphatic carbocycles. The highest BCUT2D eigenvalue weighted by atomic mass is 35.5. The Hall–Kier alpha value is -0.920. The van der Waals surface area contributed by atoms with E-state index < -0.39 is 0 Å². The lowest BCUT2D eigenvalue weighted by Gasteiger charge is -2.14. The summed E-state index contributed by atoms with van der Waals surface area (Å²) >= 11 is 8.34. The summed E-state index contributed by atoms with van der Waals surface area (Å²) in [4.78, 5) is 1.27. The van der Waals surface area contributed by atoms with Gasteiger partial charge in [0.1, 0.15) is 0 Å². The van der Waals surface area contributed by atoms with E-state index in [1.54, 1.807) is 11.8 Å². The van der Waals surface area contributed by atoms with E-state index in [2.05, 4.69) is 61.7 Å².